The maximum Gasteiger partial charge on any atom is 0.296 e. The topological polar surface area (TPSA) is 21.3 Å². The molecule has 92 valence electrons. The second-order valence-electron chi connectivity index (χ2n) is 4.73. The van der Waals surface area contributed by atoms with E-state index in [1.54, 1.807) is 18.2 Å². The Morgan fingerprint density at radius 2 is 2.12 bits per heavy atom. The van der Waals surface area contributed by atoms with E-state index in [9.17, 15) is 8.78 Å². The monoisotopic (exact) mass is 239 g/mol. The molecule has 1 unspecified atom stereocenters. The lowest BCUT2D eigenvalue weighted by atomic mass is 9.91. The molecule has 2 nitrogen and oxygen atoms in total. The average molecular weight is 239 g/mol. The van der Waals surface area contributed by atoms with Gasteiger partial charge < -0.3 is 10.1 Å². The molecule has 1 fully saturated rings. The summed E-state index contributed by atoms with van der Waals surface area (Å²) < 4.78 is 32.8. The van der Waals surface area contributed by atoms with Gasteiger partial charge in [0.25, 0.3) is 5.92 Å². The molecule has 2 aliphatic heterocycles. The Balaban J connectivity index is 1.99. The number of hydrogen-bond acceptors (Lipinski definition) is 2. The molecule has 17 heavy (non-hydrogen) atoms. The summed E-state index contributed by atoms with van der Waals surface area (Å²) in [5, 5.41) is 3.32. The van der Waals surface area contributed by atoms with Crippen molar-refractivity contribution < 1.29 is 13.5 Å². The lowest BCUT2D eigenvalue weighted by molar-refractivity contribution is -0.130. The molecular weight excluding hydrogens is 224 g/mol. The molecule has 2 atom stereocenters. The van der Waals surface area contributed by atoms with E-state index in [0.717, 1.165) is 19.4 Å². The maximum atomic E-state index is 13.7. The van der Waals surface area contributed by atoms with E-state index in [2.05, 4.69) is 5.32 Å². The number of ether oxygens (including phenoxy) is 1. The predicted molar refractivity (Wildman–Crippen MR) is 60.1 cm³/mol. The van der Waals surface area contributed by atoms with Crippen LogP contribution >= 0.6 is 0 Å². The highest BCUT2D eigenvalue weighted by Crippen LogP contribution is 2.42. The van der Waals surface area contributed by atoms with Gasteiger partial charge in [0.2, 0.25) is 0 Å². The van der Waals surface area contributed by atoms with Gasteiger partial charge in [0.05, 0.1) is 6.10 Å². The number of hydrogen-bond donors (Lipinski definition) is 1. The molecule has 0 aliphatic carbocycles. The zero-order valence-corrected chi connectivity index (χ0v) is 9.46. The van der Waals surface area contributed by atoms with E-state index in [0.29, 0.717) is 5.56 Å². The Labute approximate surface area is 99.0 Å². The minimum atomic E-state index is -2.86. The van der Waals surface area contributed by atoms with Crippen LogP contribution < -0.4 is 5.32 Å². The Bertz CT molecular complexity index is 416. The quantitative estimate of drug-likeness (QED) is 0.813. The first-order valence-corrected chi connectivity index (χ1v) is 6.01. The normalized spacial score (nSPS) is 31.2. The summed E-state index contributed by atoms with van der Waals surface area (Å²) >= 11 is 0. The van der Waals surface area contributed by atoms with Crippen LogP contribution in [0.5, 0.6) is 0 Å². The lowest BCUT2D eigenvalue weighted by Crippen LogP contribution is -2.38. The Morgan fingerprint density at radius 3 is 2.88 bits per heavy atom. The number of nitrogens with one attached hydrogen (secondary N) is 1. The van der Waals surface area contributed by atoms with E-state index in [-0.39, 0.29) is 17.7 Å². The van der Waals surface area contributed by atoms with Crippen molar-refractivity contribution >= 4 is 0 Å². The largest absolute Gasteiger partial charge is 0.365 e. The molecule has 0 radical (unpaired) electrons. The molecule has 2 aliphatic rings. The fraction of sp³-hybridized carbons (Fsp3) is 0.538. The average Bonchev–Trinajstić information content (AvgIpc) is 2.83. The number of halogens is 2. The first-order valence-electron chi connectivity index (χ1n) is 6.01. The van der Waals surface area contributed by atoms with Gasteiger partial charge >= 0.3 is 0 Å². The van der Waals surface area contributed by atoms with Crippen LogP contribution in [0.25, 0.3) is 0 Å². The van der Waals surface area contributed by atoms with Crippen molar-refractivity contribution in [2.24, 2.45) is 0 Å². The third-order valence-electron chi connectivity index (χ3n) is 3.57. The summed E-state index contributed by atoms with van der Waals surface area (Å²) in [6.07, 6.45) is 1.85. The number of rotatable bonds is 1. The Kier molecular flexibility index (Phi) is 2.64. The van der Waals surface area contributed by atoms with Crippen LogP contribution in [0.2, 0.25) is 0 Å². The maximum absolute atomic E-state index is 13.7. The van der Waals surface area contributed by atoms with Crippen LogP contribution in [-0.4, -0.2) is 19.2 Å². The van der Waals surface area contributed by atoms with Gasteiger partial charge in [-0.2, -0.15) is 8.78 Å². The molecule has 0 amide bonds. The third kappa shape index (κ3) is 1.85. The molecule has 1 N–H and O–H groups in total. The van der Waals surface area contributed by atoms with Gasteiger partial charge in [-0.05, 0) is 24.9 Å². The second kappa shape index (κ2) is 4.03. The van der Waals surface area contributed by atoms with Crippen LogP contribution in [0.4, 0.5) is 8.78 Å². The van der Waals surface area contributed by atoms with Crippen LogP contribution in [0.15, 0.2) is 24.3 Å². The van der Waals surface area contributed by atoms with Crippen LogP contribution in [-0.2, 0) is 10.7 Å². The van der Waals surface area contributed by atoms with Gasteiger partial charge in [0.15, 0.2) is 0 Å². The first-order chi connectivity index (χ1) is 8.18. The molecule has 3 rings (SSSR count). The van der Waals surface area contributed by atoms with Gasteiger partial charge in [-0.1, -0.05) is 24.3 Å². The van der Waals surface area contributed by atoms with Crippen LogP contribution in [0, 0.1) is 0 Å². The summed E-state index contributed by atoms with van der Waals surface area (Å²) in [5.41, 5.74) is 0.771. The minimum Gasteiger partial charge on any atom is -0.365 e. The van der Waals surface area contributed by atoms with Crippen molar-refractivity contribution in [3.8, 4) is 0 Å². The van der Waals surface area contributed by atoms with Gasteiger partial charge in [-0.3, -0.25) is 0 Å². The van der Waals surface area contributed by atoms with Crippen molar-refractivity contribution in [2.75, 3.05) is 13.2 Å². The fourth-order valence-corrected chi connectivity index (χ4v) is 2.74. The van der Waals surface area contributed by atoms with Crippen molar-refractivity contribution in [1.29, 1.82) is 0 Å². The highest BCUT2D eigenvalue weighted by atomic mass is 19.3. The molecule has 0 aromatic heterocycles. The summed E-state index contributed by atoms with van der Waals surface area (Å²) in [5.74, 6) is -2.86. The van der Waals surface area contributed by atoms with Crippen molar-refractivity contribution in [3.05, 3.63) is 35.4 Å². The van der Waals surface area contributed by atoms with Gasteiger partial charge in [0.1, 0.15) is 6.61 Å². The van der Waals surface area contributed by atoms with Crippen molar-refractivity contribution in [1.82, 2.24) is 5.32 Å². The van der Waals surface area contributed by atoms with Gasteiger partial charge in [0, 0.05) is 11.6 Å². The lowest BCUT2D eigenvalue weighted by Gasteiger charge is -2.34. The minimum absolute atomic E-state index is 0.130. The molecule has 1 saturated heterocycles. The smallest absolute Gasteiger partial charge is 0.296 e. The van der Waals surface area contributed by atoms with E-state index in [1.165, 1.54) is 6.07 Å². The molecule has 0 spiro atoms. The predicted octanol–water partition coefficient (Wildman–Crippen LogP) is 2.60. The summed E-state index contributed by atoms with van der Waals surface area (Å²) in [4.78, 5) is 0. The van der Waals surface area contributed by atoms with E-state index < -0.39 is 12.5 Å². The fourth-order valence-electron chi connectivity index (χ4n) is 2.74. The second-order valence-corrected chi connectivity index (χ2v) is 4.73. The number of fused-ring (bicyclic) bond motifs is 1. The van der Waals surface area contributed by atoms with E-state index in [1.807, 2.05) is 0 Å². The van der Waals surface area contributed by atoms with E-state index >= 15 is 0 Å². The molecule has 0 bridgehead atoms. The Morgan fingerprint density at radius 1 is 1.29 bits per heavy atom. The van der Waals surface area contributed by atoms with Crippen LogP contribution in [0.1, 0.15) is 30.1 Å². The molecule has 1 aromatic rings. The highest BCUT2D eigenvalue weighted by Gasteiger charge is 2.43. The SMILES string of the molecule is FC1(F)CO[C@H](C2CCCN2)c2ccccc21. The number of alkyl halides is 2. The van der Waals surface area contributed by atoms with E-state index in [4.69, 9.17) is 4.74 Å². The van der Waals surface area contributed by atoms with Crippen molar-refractivity contribution in [2.45, 2.75) is 30.9 Å². The zero-order chi connectivity index (χ0) is 11.9. The van der Waals surface area contributed by atoms with Gasteiger partial charge in [-0.25, -0.2) is 0 Å². The molecule has 0 saturated carbocycles. The molecule has 4 heteroatoms. The standard InChI is InChI=1S/C13H15F2NO/c14-13(15)8-17-12(11-6-3-7-16-11)9-4-1-2-5-10(9)13/h1-2,4-5,11-12,16H,3,6-8H2/t11?,12-/m0/s1. The highest BCUT2D eigenvalue weighted by molar-refractivity contribution is 5.35. The summed E-state index contributed by atoms with van der Waals surface area (Å²) in [6.45, 7) is 0.440. The third-order valence-corrected chi connectivity index (χ3v) is 3.57. The van der Waals surface area contributed by atoms with Gasteiger partial charge in [-0.15, -0.1) is 0 Å². The zero-order valence-electron chi connectivity index (χ0n) is 9.46. The molecular formula is C13H15F2NO. The first kappa shape index (κ1) is 11.1. The van der Waals surface area contributed by atoms with Crippen LogP contribution in [0.3, 0.4) is 0 Å². The molecule has 1 aromatic carbocycles. The number of benzene rings is 1. The summed E-state index contributed by atoms with van der Waals surface area (Å²) in [7, 11) is 0. The van der Waals surface area contributed by atoms with Crippen molar-refractivity contribution in [3.63, 3.8) is 0 Å². The Hall–Kier alpha value is -1.00. The molecule has 2 heterocycles. The summed E-state index contributed by atoms with van der Waals surface area (Å²) in [6, 6.07) is 6.91.